The van der Waals surface area contributed by atoms with E-state index in [0.717, 1.165) is 25.2 Å². The number of methoxy groups -OCH3 is 1. The maximum atomic E-state index is 11.3. The van der Waals surface area contributed by atoms with E-state index in [1.807, 2.05) is 13.8 Å². The van der Waals surface area contributed by atoms with Crippen LogP contribution in [0.3, 0.4) is 0 Å². The van der Waals surface area contributed by atoms with E-state index < -0.39 is 11.9 Å². The number of hydrogen-bond acceptors (Lipinski definition) is 6. The van der Waals surface area contributed by atoms with Crippen LogP contribution in [0.4, 0.5) is 0 Å². The van der Waals surface area contributed by atoms with Crippen LogP contribution in [0, 0.1) is 0 Å². The molecule has 0 aliphatic carbocycles. The van der Waals surface area contributed by atoms with Gasteiger partial charge >= 0.3 is 11.9 Å². The summed E-state index contributed by atoms with van der Waals surface area (Å²) in [5, 5.41) is 0. The van der Waals surface area contributed by atoms with Gasteiger partial charge in [-0.15, -0.1) is 0 Å². The molecule has 1 saturated heterocycles. The average molecular weight is 271 g/mol. The molecule has 0 spiro atoms. The van der Waals surface area contributed by atoms with Crippen LogP contribution >= 0.6 is 0 Å². The van der Waals surface area contributed by atoms with Crippen LogP contribution in [-0.4, -0.2) is 62.4 Å². The minimum absolute atomic E-state index is 0.160. The highest BCUT2D eigenvalue weighted by molar-refractivity contribution is 5.91. The molecule has 6 heteroatoms. The molecule has 0 unspecified atom stereocenters. The van der Waals surface area contributed by atoms with Crippen LogP contribution in [0.5, 0.6) is 0 Å². The molecule has 1 aliphatic heterocycles. The first-order valence-corrected chi connectivity index (χ1v) is 6.22. The maximum absolute atomic E-state index is 11.3. The quantitative estimate of drug-likeness (QED) is 0.532. The minimum atomic E-state index is -0.577. The number of ether oxygens (including phenoxy) is 3. The smallest absolute Gasteiger partial charge is 0.331 e. The molecular formula is C13H21NO5. The summed E-state index contributed by atoms with van der Waals surface area (Å²) in [6.07, 6.45) is 2.11. The Morgan fingerprint density at radius 1 is 1.32 bits per heavy atom. The standard InChI is InChI=1S/C13H21NO5/c1-13(2)10-14(7-9-19-13)6-8-18-12(16)5-4-11(15)17-3/h4-5H,6-10H2,1-3H3/b5-4+. The molecule has 6 nitrogen and oxygen atoms in total. The third-order valence-electron chi connectivity index (χ3n) is 2.71. The summed E-state index contributed by atoms with van der Waals surface area (Å²) >= 11 is 0. The highest BCUT2D eigenvalue weighted by atomic mass is 16.5. The van der Waals surface area contributed by atoms with Gasteiger partial charge in [-0.1, -0.05) is 0 Å². The highest BCUT2D eigenvalue weighted by Gasteiger charge is 2.26. The summed E-state index contributed by atoms with van der Waals surface area (Å²) in [5.41, 5.74) is -0.160. The zero-order valence-corrected chi connectivity index (χ0v) is 11.7. The van der Waals surface area contributed by atoms with E-state index in [0.29, 0.717) is 19.8 Å². The van der Waals surface area contributed by atoms with Crippen LogP contribution in [0.25, 0.3) is 0 Å². The fourth-order valence-corrected chi connectivity index (χ4v) is 1.83. The molecule has 108 valence electrons. The van der Waals surface area contributed by atoms with Crippen molar-refractivity contribution in [3.8, 4) is 0 Å². The predicted molar refractivity (Wildman–Crippen MR) is 68.6 cm³/mol. The third kappa shape index (κ3) is 6.35. The Labute approximate surface area is 113 Å². The lowest BCUT2D eigenvalue weighted by Crippen LogP contribution is -2.49. The Morgan fingerprint density at radius 2 is 2.00 bits per heavy atom. The zero-order valence-electron chi connectivity index (χ0n) is 11.7. The minimum Gasteiger partial charge on any atom is -0.466 e. The summed E-state index contributed by atoms with van der Waals surface area (Å²) in [6.45, 7) is 7.34. The first-order valence-electron chi connectivity index (χ1n) is 6.22. The lowest BCUT2D eigenvalue weighted by molar-refractivity contribution is -0.140. The first kappa shape index (κ1) is 15.7. The maximum Gasteiger partial charge on any atom is 0.331 e. The fourth-order valence-electron chi connectivity index (χ4n) is 1.83. The van der Waals surface area contributed by atoms with Crippen molar-refractivity contribution in [2.75, 3.05) is 40.0 Å². The van der Waals surface area contributed by atoms with E-state index in [9.17, 15) is 9.59 Å². The monoisotopic (exact) mass is 271 g/mol. The lowest BCUT2D eigenvalue weighted by Gasteiger charge is -2.37. The Balaban J connectivity index is 2.21. The lowest BCUT2D eigenvalue weighted by atomic mass is 10.1. The van der Waals surface area contributed by atoms with Crippen molar-refractivity contribution in [1.82, 2.24) is 4.90 Å². The summed E-state index contributed by atoms with van der Waals surface area (Å²) in [5.74, 6) is -1.12. The van der Waals surface area contributed by atoms with Gasteiger partial charge in [0.25, 0.3) is 0 Å². The van der Waals surface area contributed by atoms with Gasteiger partial charge in [0, 0.05) is 31.8 Å². The molecule has 0 aromatic heterocycles. The first-order chi connectivity index (χ1) is 8.93. The summed E-state index contributed by atoms with van der Waals surface area (Å²) in [6, 6.07) is 0. The van der Waals surface area contributed by atoms with E-state index in [-0.39, 0.29) is 5.60 Å². The molecule has 19 heavy (non-hydrogen) atoms. The summed E-state index contributed by atoms with van der Waals surface area (Å²) in [7, 11) is 1.25. The van der Waals surface area contributed by atoms with Gasteiger partial charge in [0.05, 0.1) is 19.3 Å². The van der Waals surface area contributed by atoms with Gasteiger partial charge in [0.1, 0.15) is 6.61 Å². The molecule has 0 atom stereocenters. The van der Waals surface area contributed by atoms with Crippen LogP contribution in [-0.2, 0) is 23.8 Å². The van der Waals surface area contributed by atoms with Gasteiger partial charge in [-0.05, 0) is 13.8 Å². The van der Waals surface area contributed by atoms with Crippen LogP contribution in [0.15, 0.2) is 12.2 Å². The molecule has 1 rings (SSSR count). The SMILES string of the molecule is COC(=O)/C=C/C(=O)OCCN1CCOC(C)(C)C1. The van der Waals surface area contributed by atoms with Crippen molar-refractivity contribution in [2.45, 2.75) is 19.4 Å². The molecular weight excluding hydrogens is 250 g/mol. The molecule has 0 bridgehead atoms. The summed E-state index contributed by atoms with van der Waals surface area (Å²) in [4.78, 5) is 24.2. The normalized spacial score (nSPS) is 19.3. The van der Waals surface area contributed by atoms with E-state index in [2.05, 4.69) is 9.64 Å². The molecule has 0 amide bonds. The average Bonchev–Trinajstić information content (AvgIpc) is 2.34. The Bertz CT molecular complexity index is 351. The van der Waals surface area contributed by atoms with Crippen molar-refractivity contribution in [1.29, 1.82) is 0 Å². The highest BCUT2D eigenvalue weighted by Crippen LogP contribution is 2.15. The number of rotatable bonds is 5. The fraction of sp³-hybridized carbons (Fsp3) is 0.692. The van der Waals surface area contributed by atoms with E-state index in [1.54, 1.807) is 0 Å². The van der Waals surface area contributed by atoms with Crippen molar-refractivity contribution < 1.29 is 23.8 Å². The van der Waals surface area contributed by atoms with Gasteiger partial charge in [-0.25, -0.2) is 9.59 Å². The Morgan fingerprint density at radius 3 is 2.63 bits per heavy atom. The van der Waals surface area contributed by atoms with Crippen LogP contribution in [0.2, 0.25) is 0 Å². The van der Waals surface area contributed by atoms with E-state index in [1.165, 1.54) is 7.11 Å². The predicted octanol–water partition coefficient (Wildman–Crippen LogP) is 0.370. The third-order valence-corrected chi connectivity index (χ3v) is 2.71. The number of hydrogen-bond donors (Lipinski definition) is 0. The van der Waals surface area contributed by atoms with Gasteiger partial charge in [-0.3, -0.25) is 4.90 Å². The second-order valence-corrected chi connectivity index (χ2v) is 4.91. The van der Waals surface area contributed by atoms with Gasteiger partial charge in [-0.2, -0.15) is 0 Å². The number of esters is 2. The van der Waals surface area contributed by atoms with Gasteiger partial charge in [0.2, 0.25) is 0 Å². The van der Waals surface area contributed by atoms with Gasteiger partial charge < -0.3 is 14.2 Å². The Hall–Kier alpha value is -1.40. The van der Waals surface area contributed by atoms with Crippen molar-refractivity contribution in [2.24, 2.45) is 0 Å². The number of morpholine rings is 1. The molecule has 1 aliphatic rings. The summed E-state index contributed by atoms with van der Waals surface area (Å²) < 4.78 is 14.9. The van der Waals surface area contributed by atoms with Gasteiger partial charge in [0.15, 0.2) is 0 Å². The van der Waals surface area contributed by atoms with E-state index >= 15 is 0 Å². The molecule has 0 saturated carbocycles. The Kier molecular flexibility index (Phi) is 5.98. The largest absolute Gasteiger partial charge is 0.466 e. The van der Waals surface area contributed by atoms with E-state index in [4.69, 9.17) is 9.47 Å². The van der Waals surface area contributed by atoms with Crippen LogP contribution < -0.4 is 0 Å². The molecule has 0 aromatic rings. The van der Waals surface area contributed by atoms with Crippen LogP contribution in [0.1, 0.15) is 13.8 Å². The molecule has 1 heterocycles. The number of nitrogens with zero attached hydrogens (tertiary/aromatic N) is 1. The molecule has 0 N–H and O–H groups in total. The second-order valence-electron chi connectivity index (χ2n) is 4.91. The number of carbonyl (C=O) groups is 2. The molecule has 1 fully saturated rings. The zero-order chi connectivity index (χ0) is 14.3. The van der Waals surface area contributed by atoms with Crippen molar-refractivity contribution in [3.05, 3.63) is 12.2 Å². The second kappa shape index (κ2) is 7.25. The number of carbonyl (C=O) groups excluding carboxylic acids is 2. The molecule has 0 radical (unpaired) electrons. The molecule has 0 aromatic carbocycles. The topological polar surface area (TPSA) is 65.1 Å². The van der Waals surface area contributed by atoms with Crippen molar-refractivity contribution in [3.63, 3.8) is 0 Å². The van der Waals surface area contributed by atoms with Crippen molar-refractivity contribution >= 4 is 11.9 Å².